The molecular formula is C14H19NOS. The lowest BCUT2D eigenvalue weighted by molar-refractivity contribution is 0.464. The number of hydrogen-bond donors (Lipinski definition) is 1. The molecular weight excluding hydrogens is 230 g/mol. The maximum atomic E-state index is 9.93. The molecule has 1 N–H and O–H groups in total. The van der Waals surface area contributed by atoms with Crippen molar-refractivity contribution in [3.05, 3.63) is 28.8 Å². The van der Waals surface area contributed by atoms with E-state index >= 15 is 0 Å². The van der Waals surface area contributed by atoms with Gasteiger partial charge in [0.1, 0.15) is 5.75 Å². The molecule has 0 spiro atoms. The average molecular weight is 249 g/mol. The maximum Gasteiger partial charge on any atom is 0.119 e. The molecule has 17 heavy (non-hydrogen) atoms. The SMILES string of the molecule is Cc1cc(O)c(C(C)C)cc1C1=NCC(C)S1. The van der Waals surface area contributed by atoms with Gasteiger partial charge in [-0.1, -0.05) is 20.8 Å². The molecule has 3 heteroatoms. The number of rotatable bonds is 2. The van der Waals surface area contributed by atoms with Gasteiger partial charge in [-0.15, -0.1) is 11.8 Å². The number of aliphatic imine (C=N–C) groups is 1. The molecule has 1 unspecified atom stereocenters. The largest absolute Gasteiger partial charge is 0.508 e. The first-order valence-corrected chi connectivity index (χ1v) is 6.92. The number of nitrogens with zero attached hydrogens (tertiary/aromatic N) is 1. The van der Waals surface area contributed by atoms with Gasteiger partial charge in [-0.25, -0.2) is 0 Å². The zero-order valence-corrected chi connectivity index (χ0v) is 11.6. The molecule has 0 saturated carbocycles. The smallest absolute Gasteiger partial charge is 0.119 e. The van der Waals surface area contributed by atoms with E-state index < -0.39 is 0 Å². The summed E-state index contributed by atoms with van der Waals surface area (Å²) in [5, 5.41) is 11.6. The Hall–Kier alpha value is -0.960. The van der Waals surface area contributed by atoms with Crippen LogP contribution in [0.2, 0.25) is 0 Å². The van der Waals surface area contributed by atoms with Gasteiger partial charge in [-0.3, -0.25) is 4.99 Å². The third-order valence-corrected chi connectivity index (χ3v) is 4.15. The number of benzene rings is 1. The molecule has 0 saturated heterocycles. The van der Waals surface area contributed by atoms with E-state index in [9.17, 15) is 5.11 Å². The summed E-state index contributed by atoms with van der Waals surface area (Å²) in [5.74, 6) is 0.733. The minimum atomic E-state index is 0.332. The Balaban J connectivity index is 2.44. The van der Waals surface area contributed by atoms with Crippen LogP contribution in [-0.2, 0) is 0 Å². The molecule has 0 bridgehead atoms. The number of aromatic hydroxyl groups is 1. The minimum Gasteiger partial charge on any atom is -0.508 e. The van der Waals surface area contributed by atoms with Gasteiger partial charge in [-0.2, -0.15) is 0 Å². The van der Waals surface area contributed by atoms with E-state index in [0.29, 0.717) is 16.9 Å². The van der Waals surface area contributed by atoms with Crippen molar-refractivity contribution in [1.82, 2.24) is 0 Å². The normalized spacial score (nSPS) is 19.8. The number of phenolic OH excluding ortho intramolecular Hbond substituents is 1. The van der Waals surface area contributed by atoms with Crippen molar-refractivity contribution in [3.63, 3.8) is 0 Å². The molecule has 1 aliphatic rings. The van der Waals surface area contributed by atoms with Crippen molar-refractivity contribution in [3.8, 4) is 5.75 Å². The van der Waals surface area contributed by atoms with Crippen LogP contribution in [-0.4, -0.2) is 21.9 Å². The van der Waals surface area contributed by atoms with Crippen molar-refractivity contribution in [2.24, 2.45) is 4.99 Å². The number of aryl methyl sites for hydroxylation is 1. The van der Waals surface area contributed by atoms with Gasteiger partial charge in [0, 0.05) is 10.8 Å². The van der Waals surface area contributed by atoms with Crippen LogP contribution in [0.15, 0.2) is 17.1 Å². The van der Waals surface area contributed by atoms with Gasteiger partial charge in [0.25, 0.3) is 0 Å². The zero-order chi connectivity index (χ0) is 12.6. The standard InChI is InChI=1S/C14H19NOS/c1-8(2)11-6-12(9(3)5-13(11)16)14-15-7-10(4)17-14/h5-6,8,10,16H,7H2,1-4H3. The molecule has 1 atom stereocenters. The van der Waals surface area contributed by atoms with Crippen LogP contribution in [0.5, 0.6) is 5.75 Å². The maximum absolute atomic E-state index is 9.93. The summed E-state index contributed by atoms with van der Waals surface area (Å²) in [6.07, 6.45) is 0. The van der Waals surface area contributed by atoms with Crippen LogP contribution >= 0.6 is 11.8 Å². The van der Waals surface area contributed by atoms with Crippen molar-refractivity contribution >= 4 is 16.8 Å². The van der Waals surface area contributed by atoms with Crippen LogP contribution in [0, 0.1) is 6.92 Å². The Kier molecular flexibility index (Phi) is 3.48. The molecule has 0 aliphatic carbocycles. The Morgan fingerprint density at radius 3 is 2.65 bits per heavy atom. The predicted octanol–water partition coefficient (Wildman–Crippen LogP) is 3.71. The quantitative estimate of drug-likeness (QED) is 0.866. The van der Waals surface area contributed by atoms with Crippen LogP contribution in [0.4, 0.5) is 0 Å². The highest BCUT2D eigenvalue weighted by Gasteiger charge is 2.20. The number of phenols is 1. The summed E-state index contributed by atoms with van der Waals surface area (Å²) in [6.45, 7) is 9.32. The van der Waals surface area contributed by atoms with E-state index in [1.165, 1.54) is 5.56 Å². The molecule has 92 valence electrons. The average Bonchev–Trinajstić information content (AvgIpc) is 2.64. The molecule has 0 amide bonds. The van der Waals surface area contributed by atoms with E-state index in [2.05, 4.69) is 31.8 Å². The fourth-order valence-electron chi connectivity index (χ4n) is 2.03. The molecule has 1 aromatic rings. The Bertz CT molecular complexity index is 466. The third-order valence-electron chi connectivity index (χ3n) is 3.03. The van der Waals surface area contributed by atoms with E-state index in [0.717, 1.165) is 22.7 Å². The van der Waals surface area contributed by atoms with Crippen LogP contribution in [0.25, 0.3) is 0 Å². The highest BCUT2D eigenvalue weighted by molar-refractivity contribution is 8.15. The van der Waals surface area contributed by atoms with E-state index in [1.54, 1.807) is 0 Å². The van der Waals surface area contributed by atoms with Gasteiger partial charge >= 0.3 is 0 Å². The second-order valence-electron chi connectivity index (χ2n) is 4.95. The van der Waals surface area contributed by atoms with Gasteiger partial charge in [0.05, 0.1) is 11.6 Å². The summed E-state index contributed by atoms with van der Waals surface area (Å²) < 4.78 is 0. The van der Waals surface area contributed by atoms with Gasteiger partial charge in [-0.05, 0) is 36.1 Å². The highest BCUT2D eigenvalue weighted by Crippen LogP contribution is 2.33. The fourth-order valence-corrected chi connectivity index (χ4v) is 3.05. The molecule has 1 aliphatic heterocycles. The first-order valence-electron chi connectivity index (χ1n) is 6.04. The molecule has 2 nitrogen and oxygen atoms in total. The van der Waals surface area contributed by atoms with Crippen molar-refractivity contribution in [2.45, 2.75) is 38.9 Å². The summed E-state index contributed by atoms with van der Waals surface area (Å²) in [4.78, 5) is 4.58. The van der Waals surface area contributed by atoms with Crippen LogP contribution in [0.3, 0.4) is 0 Å². The molecule has 2 rings (SSSR count). The molecule has 0 aromatic heterocycles. The molecule has 1 heterocycles. The highest BCUT2D eigenvalue weighted by atomic mass is 32.2. The van der Waals surface area contributed by atoms with E-state index in [1.807, 2.05) is 24.8 Å². The van der Waals surface area contributed by atoms with E-state index in [4.69, 9.17) is 0 Å². The minimum absolute atomic E-state index is 0.332. The lowest BCUT2D eigenvalue weighted by Gasteiger charge is -2.13. The Morgan fingerprint density at radius 1 is 1.41 bits per heavy atom. The second-order valence-corrected chi connectivity index (χ2v) is 6.38. The van der Waals surface area contributed by atoms with Crippen LogP contribution in [0.1, 0.15) is 43.4 Å². The molecule has 0 fully saturated rings. The van der Waals surface area contributed by atoms with Crippen molar-refractivity contribution in [1.29, 1.82) is 0 Å². The monoisotopic (exact) mass is 249 g/mol. The predicted molar refractivity (Wildman–Crippen MR) is 75.4 cm³/mol. The van der Waals surface area contributed by atoms with Gasteiger partial charge in [0.15, 0.2) is 0 Å². The second kappa shape index (κ2) is 4.73. The Morgan fingerprint density at radius 2 is 2.12 bits per heavy atom. The lowest BCUT2D eigenvalue weighted by atomic mass is 9.97. The lowest BCUT2D eigenvalue weighted by Crippen LogP contribution is -2.01. The topological polar surface area (TPSA) is 32.6 Å². The fraction of sp³-hybridized carbons (Fsp3) is 0.500. The van der Waals surface area contributed by atoms with Gasteiger partial charge < -0.3 is 5.11 Å². The summed E-state index contributed by atoms with van der Waals surface area (Å²) in [6, 6.07) is 3.95. The summed E-state index contributed by atoms with van der Waals surface area (Å²) in [7, 11) is 0. The molecule has 1 aromatic carbocycles. The van der Waals surface area contributed by atoms with Crippen molar-refractivity contribution in [2.75, 3.05) is 6.54 Å². The summed E-state index contributed by atoms with van der Waals surface area (Å²) >= 11 is 1.83. The Labute approximate surface area is 107 Å². The number of hydrogen-bond acceptors (Lipinski definition) is 3. The third kappa shape index (κ3) is 2.49. The van der Waals surface area contributed by atoms with Gasteiger partial charge in [0.2, 0.25) is 0 Å². The van der Waals surface area contributed by atoms with Crippen LogP contribution < -0.4 is 0 Å². The van der Waals surface area contributed by atoms with E-state index in [-0.39, 0.29) is 0 Å². The van der Waals surface area contributed by atoms with Crippen molar-refractivity contribution < 1.29 is 5.11 Å². The first kappa shape index (κ1) is 12.5. The molecule has 0 radical (unpaired) electrons. The first-order chi connectivity index (χ1) is 7.99. The summed E-state index contributed by atoms with van der Waals surface area (Å²) in [5.41, 5.74) is 3.29. The number of thioether (sulfide) groups is 1. The zero-order valence-electron chi connectivity index (χ0n) is 10.8.